The summed E-state index contributed by atoms with van der Waals surface area (Å²) in [6.07, 6.45) is 0. The van der Waals surface area contributed by atoms with Crippen molar-refractivity contribution in [3.63, 3.8) is 0 Å². The van der Waals surface area contributed by atoms with Crippen LogP contribution in [0.2, 0.25) is 0 Å². The number of benzene rings is 2. The molecule has 1 amide bonds. The van der Waals surface area contributed by atoms with Gasteiger partial charge in [0.25, 0.3) is 5.56 Å². The fraction of sp³-hybridized carbons (Fsp3) is 0.150. The molecule has 132 valence electrons. The third kappa shape index (κ3) is 4.36. The standard InChI is InChI=1S/C20H19N3O3/c1-2-26-17-10-8-15(9-11-17)18-12-13-20(25)23(22-18)14-19(24)21-16-6-4-3-5-7-16/h3-13H,2,14H2,1H3,(H,21,24). The summed E-state index contributed by atoms with van der Waals surface area (Å²) in [7, 11) is 0. The monoisotopic (exact) mass is 349 g/mol. The number of para-hydroxylation sites is 1. The maximum atomic E-state index is 12.2. The van der Waals surface area contributed by atoms with Gasteiger partial charge in [-0.3, -0.25) is 9.59 Å². The number of nitrogens with zero attached hydrogens (tertiary/aromatic N) is 2. The van der Waals surface area contributed by atoms with E-state index in [9.17, 15) is 9.59 Å². The van der Waals surface area contributed by atoms with Gasteiger partial charge < -0.3 is 10.1 Å². The zero-order valence-electron chi connectivity index (χ0n) is 14.4. The number of carbonyl (C=O) groups is 1. The first-order chi connectivity index (χ1) is 12.7. The molecule has 0 aliphatic rings. The zero-order chi connectivity index (χ0) is 18.4. The number of aromatic nitrogens is 2. The predicted molar refractivity (Wildman–Crippen MR) is 100 cm³/mol. The molecule has 0 aliphatic heterocycles. The van der Waals surface area contributed by atoms with E-state index in [0.29, 0.717) is 18.0 Å². The fourth-order valence-electron chi connectivity index (χ4n) is 2.46. The molecule has 0 saturated heterocycles. The van der Waals surface area contributed by atoms with E-state index in [1.165, 1.54) is 6.07 Å². The molecule has 1 aromatic heterocycles. The summed E-state index contributed by atoms with van der Waals surface area (Å²) in [5.41, 5.74) is 1.79. The molecule has 3 rings (SSSR count). The minimum absolute atomic E-state index is 0.154. The summed E-state index contributed by atoms with van der Waals surface area (Å²) in [6.45, 7) is 2.36. The van der Waals surface area contributed by atoms with Gasteiger partial charge >= 0.3 is 0 Å². The quantitative estimate of drug-likeness (QED) is 0.742. The number of nitrogens with one attached hydrogen (secondary N) is 1. The van der Waals surface area contributed by atoms with Gasteiger partial charge in [-0.1, -0.05) is 18.2 Å². The van der Waals surface area contributed by atoms with Gasteiger partial charge in [0.15, 0.2) is 0 Å². The molecule has 26 heavy (non-hydrogen) atoms. The Kier molecular flexibility index (Phi) is 5.43. The molecule has 0 bridgehead atoms. The first-order valence-corrected chi connectivity index (χ1v) is 8.32. The van der Waals surface area contributed by atoms with E-state index in [1.807, 2.05) is 49.4 Å². The van der Waals surface area contributed by atoms with Crippen LogP contribution >= 0.6 is 0 Å². The minimum Gasteiger partial charge on any atom is -0.494 e. The van der Waals surface area contributed by atoms with E-state index in [0.717, 1.165) is 16.0 Å². The maximum absolute atomic E-state index is 12.2. The van der Waals surface area contributed by atoms with E-state index < -0.39 is 0 Å². The topological polar surface area (TPSA) is 73.2 Å². The highest BCUT2D eigenvalue weighted by Crippen LogP contribution is 2.19. The lowest BCUT2D eigenvalue weighted by molar-refractivity contribution is -0.117. The van der Waals surface area contributed by atoms with Gasteiger partial charge in [-0.25, -0.2) is 4.68 Å². The highest BCUT2D eigenvalue weighted by molar-refractivity contribution is 5.90. The molecule has 0 aliphatic carbocycles. The van der Waals surface area contributed by atoms with Crippen LogP contribution < -0.4 is 15.6 Å². The fourth-order valence-corrected chi connectivity index (χ4v) is 2.46. The normalized spacial score (nSPS) is 10.3. The number of hydrogen-bond acceptors (Lipinski definition) is 4. The molecular weight excluding hydrogens is 330 g/mol. The van der Waals surface area contributed by atoms with Crippen molar-refractivity contribution < 1.29 is 9.53 Å². The van der Waals surface area contributed by atoms with Crippen LogP contribution in [0.5, 0.6) is 5.75 Å². The van der Waals surface area contributed by atoms with Crippen LogP contribution in [0, 0.1) is 0 Å². The number of rotatable bonds is 6. The lowest BCUT2D eigenvalue weighted by atomic mass is 10.1. The van der Waals surface area contributed by atoms with Crippen molar-refractivity contribution >= 4 is 11.6 Å². The average molecular weight is 349 g/mol. The van der Waals surface area contributed by atoms with Crippen LogP contribution in [0.25, 0.3) is 11.3 Å². The Hall–Kier alpha value is -3.41. The highest BCUT2D eigenvalue weighted by Gasteiger charge is 2.08. The van der Waals surface area contributed by atoms with E-state index in [-0.39, 0.29) is 18.0 Å². The molecule has 6 nitrogen and oxygen atoms in total. The molecule has 0 spiro atoms. The van der Waals surface area contributed by atoms with Crippen molar-refractivity contribution in [3.8, 4) is 17.0 Å². The molecule has 1 N–H and O–H groups in total. The third-order valence-electron chi connectivity index (χ3n) is 3.68. The Balaban J connectivity index is 1.77. The smallest absolute Gasteiger partial charge is 0.267 e. The molecular formula is C20H19N3O3. The summed E-state index contributed by atoms with van der Waals surface area (Å²) >= 11 is 0. The first-order valence-electron chi connectivity index (χ1n) is 8.32. The summed E-state index contributed by atoms with van der Waals surface area (Å²) in [6, 6.07) is 19.6. The number of amides is 1. The third-order valence-corrected chi connectivity index (χ3v) is 3.68. The van der Waals surface area contributed by atoms with Crippen molar-refractivity contribution in [2.45, 2.75) is 13.5 Å². The molecule has 2 aromatic carbocycles. The Morgan fingerprint density at radius 3 is 2.46 bits per heavy atom. The molecule has 0 atom stereocenters. The van der Waals surface area contributed by atoms with Gasteiger partial charge in [0.2, 0.25) is 5.91 Å². The number of hydrogen-bond donors (Lipinski definition) is 1. The molecule has 0 fully saturated rings. The molecule has 0 radical (unpaired) electrons. The summed E-state index contributed by atoms with van der Waals surface area (Å²) in [5.74, 6) is 0.460. The largest absolute Gasteiger partial charge is 0.494 e. The Morgan fingerprint density at radius 2 is 1.77 bits per heavy atom. The molecule has 6 heteroatoms. The van der Waals surface area contributed by atoms with Crippen LogP contribution in [-0.4, -0.2) is 22.3 Å². The van der Waals surface area contributed by atoms with Crippen LogP contribution in [0.4, 0.5) is 5.69 Å². The van der Waals surface area contributed by atoms with Crippen LogP contribution in [0.3, 0.4) is 0 Å². The Labute approximate surface area is 151 Å². The van der Waals surface area contributed by atoms with Crippen LogP contribution in [0.1, 0.15) is 6.92 Å². The van der Waals surface area contributed by atoms with Crippen molar-refractivity contribution in [2.24, 2.45) is 0 Å². The number of anilines is 1. The Morgan fingerprint density at radius 1 is 1.04 bits per heavy atom. The predicted octanol–water partition coefficient (Wildman–Crippen LogP) is 2.95. The van der Waals surface area contributed by atoms with Crippen LogP contribution in [0.15, 0.2) is 71.5 Å². The summed E-state index contributed by atoms with van der Waals surface area (Å²) < 4.78 is 6.58. The summed E-state index contributed by atoms with van der Waals surface area (Å²) in [4.78, 5) is 24.2. The maximum Gasteiger partial charge on any atom is 0.267 e. The SMILES string of the molecule is CCOc1ccc(-c2ccc(=O)n(CC(=O)Nc3ccccc3)n2)cc1. The first kappa shape index (κ1) is 17.4. The molecule has 1 heterocycles. The number of ether oxygens (including phenoxy) is 1. The lowest BCUT2D eigenvalue weighted by Gasteiger charge is -2.09. The lowest BCUT2D eigenvalue weighted by Crippen LogP contribution is -2.29. The summed E-state index contributed by atoms with van der Waals surface area (Å²) in [5, 5.41) is 7.05. The van der Waals surface area contributed by atoms with E-state index >= 15 is 0 Å². The van der Waals surface area contributed by atoms with Gasteiger partial charge in [0.05, 0.1) is 12.3 Å². The van der Waals surface area contributed by atoms with E-state index in [2.05, 4.69) is 10.4 Å². The minimum atomic E-state index is -0.331. The molecule has 0 unspecified atom stereocenters. The van der Waals surface area contributed by atoms with Gasteiger partial charge in [0.1, 0.15) is 12.3 Å². The highest BCUT2D eigenvalue weighted by atomic mass is 16.5. The molecule has 0 saturated carbocycles. The molecule has 3 aromatic rings. The van der Waals surface area contributed by atoms with E-state index in [1.54, 1.807) is 18.2 Å². The second-order valence-electron chi connectivity index (χ2n) is 5.59. The van der Waals surface area contributed by atoms with Crippen molar-refractivity contribution in [1.29, 1.82) is 0 Å². The Bertz CT molecular complexity index is 935. The van der Waals surface area contributed by atoms with Crippen LogP contribution in [-0.2, 0) is 11.3 Å². The average Bonchev–Trinajstić information content (AvgIpc) is 2.65. The van der Waals surface area contributed by atoms with Gasteiger partial charge in [-0.2, -0.15) is 5.10 Å². The van der Waals surface area contributed by atoms with Gasteiger partial charge in [-0.05, 0) is 49.4 Å². The second-order valence-corrected chi connectivity index (χ2v) is 5.59. The second kappa shape index (κ2) is 8.11. The van der Waals surface area contributed by atoms with Gasteiger partial charge in [-0.15, -0.1) is 0 Å². The zero-order valence-corrected chi connectivity index (χ0v) is 14.4. The van der Waals surface area contributed by atoms with Gasteiger partial charge in [0, 0.05) is 17.3 Å². The van der Waals surface area contributed by atoms with Crippen molar-refractivity contribution in [1.82, 2.24) is 9.78 Å². The van der Waals surface area contributed by atoms with Crippen molar-refractivity contribution in [2.75, 3.05) is 11.9 Å². The van der Waals surface area contributed by atoms with Crippen molar-refractivity contribution in [3.05, 3.63) is 77.1 Å². The van der Waals surface area contributed by atoms with E-state index in [4.69, 9.17) is 4.74 Å². The number of carbonyl (C=O) groups excluding carboxylic acids is 1.